The first kappa shape index (κ1) is 16.6. The normalized spacial score (nSPS) is 15.9. The van der Waals surface area contributed by atoms with Crippen molar-refractivity contribution in [2.24, 2.45) is 0 Å². The van der Waals surface area contributed by atoms with Gasteiger partial charge in [0.25, 0.3) is 0 Å². The van der Waals surface area contributed by atoms with Crippen LogP contribution >= 0.6 is 0 Å². The zero-order valence-electron chi connectivity index (χ0n) is 12.6. The van der Waals surface area contributed by atoms with E-state index in [0.717, 1.165) is 0 Å². The van der Waals surface area contributed by atoms with Gasteiger partial charge in [0.2, 0.25) is 0 Å². The molecule has 0 aromatic heterocycles. The van der Waals surface area contributed by atoms with E-state index in [1.807, 2.05) is 7.96 Å². The van der Waals surface area contributed by atoms with Gasteiger partial charge in [0.15, 0.2) is 0 Å². The van der Waals surface area contributed by atoms with Gasteiger partial charge in [-0.15, -0.1) is 0 Å². The molecule has 1 rings (SSSR count). The average molecular weight is 322 g/mol. The van der Waals surface area contributed by atoms with Gasteiger partial charge in [0, 0.05) is 0 Å². The minimum absolute atomic E-state index is 1.33. The molecule has 0 N–H and O–H groups in total. The Morgan fingerprint density at radius 1 is 0.778 bits per heavy atom. The van der Waals surface area contributed by atoms with Crippen LogP contribution in [0.5, 0.6) is 0 Å². The summed E-state index contributed by atoms with van der Waals surface area (Å²) in [4.78, 5) is 0. The second kappa shape index (κ2) is 9.48. The first-order valence-electron chi connectivity index (χ1n) is 7.93. The molecule has 0 aromatic rings. The third-order valence-electron chi connectivity index (χ3n) is 3.98. The Balaban J connectivity index is 2.75. The third kappa shape index (κ3) is 4.93. The van der Waals surface area contributed by atoms with E-state index < -0.39 is 0 Å². The molecule has 0 aromatic carbocycles. The van der Waals surface area contributed by atoms with Crippen LogP contribution in [0.1, 0.15) is 85.0 Å². The van der Waals surface area contributed by atoms with Crippen molar-refractivity contribution in [3.05, 3.63) is 19.1 Å². The van der Waals surface area contributed by atoms with Gasteiger partial charge in [-0.05, 0) is 0 Å². The van der Waals surface area contributed by atoms with Gasteiger partial charge in [-0.25, -0.2) is 0 Å². The van der Waals surface area contributed by atoms with Crippen LogP contribution in [-0.4, -0.2) is 0 Å². The zero-order valence-corrected chi connectivity index (χ0v) is 15.5. The van der Waals surface area contributed by atoms with Crippen molar-refractivity contribution in [2.75, 3.05) is 0 Å². The fourth-order valence-electron chi connectivity index (χ4n) is 2.83. The molecular formula is C17H29Y. The molecule has 1 heteroatoms. The van der Waals surface area contributed by atoms with Crippen molar-refractivity contribution in [3.8, 4) is 0 Å². The van der Waals surface area contributed by atoms with E-state index in [-0.39, 0.29) is 0 Å². The van der Waals surface area contributed by atoms with E-state index >= 15 is 0 Å². The molecule has 0 spiro atoms. The Hall–Kier alpha value is 0.584. The standard InChI is InChI=1S/C17H29.Y/c1-4-7-10-15-13-14-16(11-8-5-2)17(15)12-9-6-3;/h4-13H2,1-3H3;. The fourth-order valence-corrected chi connectivity index (χ4v) is 4.21. The maximum absolute atomic E-state index is 2.32. The van der Waals surface area contributed by atoms with Crippen molar-refractivity contribution in [1.29, 1.82) is 0 Å². The summed E-state index contributed by atoms with van der Waals surface area (Å²) in [5, 5.41) is 0. The van der Waals surface area contributed by atoms with E-state index in [1.165, 1.54) is 95.2 Å². The molecule has 0 saturated heterocycles. The van der Waals surface area contributed by atoms with Crippen LogP contribution in [-0.2, 0) is 31.0 Å². The van der Waals surface area contributed by atoms with E-state index in [2.05, 4.69) is 20.8 Å². The Bertz CT molecular complexity index is 310. The molecule has 0 unspecified atom stereocenters. The number of hydrogen-bond acceptors (Lipinski definition) is 0. The predicted molar refractivity (Wildman–Crippen MR) is 77.2 cm³/mol. The maximum atomic E-state index is 2.32. The van der Waals surface area contributed by atoms with Crippen LogP contribution in [0.25, 0.3) is 0 Å². The van der Waals surface area contributed by atoms with Crippen LogP contribution in [0.3, 0.4) is 0 Å². The molecule has 0 saturated carbocycles. The number of allylic oxidation sites excluding steroid dienone is 4. The number of rotatable bonds is 9. The molecule has 0 bridgehead atoms. The first-order chi connectivity index (χ1) is 8.74. The Kier molecular flexibility index (Phi) is 8.76. The minimum atomic E-state index is 1.33. The molecule has 0 nitrogen and oxygen atoms in total. The summed E-state index contributed by atoms with van der Waals surface area (Å²) in [7, 11) is 0. The van der Waals surface area contributed by atoms with Gasteiger partial charge in [-0.1, -0.05) is 0 Å². The van der Waals surface area contributed by atoms with Crippen LogP contribution in [0.2, 0.25) is 0 Å². The second-order valence-corrected chi connectivity index (χ2v) is 7.29. The molecule has 0 fully saturated rings. The van der Waals surface area contributed by atoms with E-state index in [0.29, 0.717) is 0 Å². The molecule has 0 amide bonds. The van der Waals surface area contributed by atoms with E-state index in [1.54, 1.807) is 11.1 Å². The summed E-state index contributed by atoms with van der Waals surface area (Å²) in [6, 6.07) is 0. The summed E-state index contributed by atoms with van der Waals surface area (Å²) >= 11 is 1.35. The van der Waals surface area contributed by atoms with E-state index in [9.17, 15) is 0 Å². The molecule has 1 aliphatic rings. The fraction of sp³-hybridized carbons (Fsp3) is 0.765. The Morgan fingerprint density at radius 3 is 1.83 bits per heavy atom. The number of unbranched alkanes of at least 4 members (excludes halogenated alkanes) is 3. The molecule has 0 aliphatic heterocycles. The van der Waals surface area contributed by atoms with Gasteiger partial charge in [-0.2, -0.15) is 0 Å². The SMILES string of the molecule is CCCCC1=C(CCCC)C(CCCC)=[C]([Y])C1. The van der Waals surface area contributed by atoms with Crippen molar-refractivity contribution in [3.63, 3.8) is 0 Å². The summed E-state index contributed by atoms with van der Waals surface area (Å²) in [6.07, 6.45) is 13.6. The molecule has 0 heterocycles. The summed E-state index contributed by atoms with van der Waals surface area (Å²) < 4.78 is 1.81. The van der Waals surface area contributed by atoms with Gasteiger partial charge in [-0.3, -0.25) is 0 Å². The summed E-state index contributed by atoms with van der Waals surface area (Å²) in [5.41, 5.74) is 5.43. The Morgan fingerprint density at radius 2 is 1.28 bits per heavy atom. The van der Waals surface area contributed by atoms with Gasteiger partial charge < -0.3 is 0 Å². The topological polar surface area (TPSA) is 0 Å². The summed E-state index contributed by atoms with van der Waals surface area (Å²) in [5.74, 6) is 0. The van der Waals surface area contributed by atoms with Crippen LogP contribution < -0.4 is 0 Å². The quantitative estimate of drug-likeness (QED) is 0.484. The van der Waals surface area contributed by atoms with Gasteiger partial charge in [0.05, 0.1) is 0 Å². The average Bonchev–Trinajstić information content (AvgIpc) is 2.67. The van der Waals surface area contributed by atoms with Crippen molar-refractivity contribution in [1.82, 2.24) is 0 Å². The molecule has 18 heavy (non-hydrogen) atoms. The second-order valence-electron chi connectivity index (χ2n) is 5.57. The van der Waals surface area contributed by atoms with E-state index in [4.69, 9.17) is 0 Å². The predicted octanol–water partition coefficient (Wildman–Crippen LogP) is 6.06. The van der Waals surface area contributed by atoms with Gasteiger partial charge in [0.1, 0.15) is 0 Å². The molecule has 1 aliphatic carbocycles. The van der Waals surface area contributed by atoms with Crippen LogP contribution in [0.15, 0.2) is 19.1 Å². The van der Waals surface area contributed by atoms with Gasteiger partial charge >= 0.3 is 135 Å². The monoisotopic (exact) mass is 322 g/mol. The number of hydrogen-bond donors (Lipinski definition) is 0. The third-order valence-corrected chi connectivity index (χ3v) is 5.33. The van der Waals surface area contributed by atoms with Crippen molar-refractivity contribution >= 4 is 0 Å². The molecule has 0 atom stereocenters. The van der Waals surface area contributed by atoms with Crippen molar-refractivity contribution < 1.29 is 31.0 Å². The molecular weight excluding hydrogens is 293 g/mol. The first-order valence-corrected chi connectivity index (χ1v) is 9.35. The summed E-state index contributed by atoms with van der Waals surface area (Å²) in [6.45, 7) is 6.94. The zero-order chi connectivity index (χ0) is 13.4. The van der Waals surface area contributed by atoms with Crippen LogP contribution in [0, 0.1) is 0 Å². The molecule has 100 valence electrons. The van der Waals surface area contributed by atoms with Crippen molar-refractivity contribution in [2.45, 2.75) is 85.0 Å². The van der Waals surface area contributed by atoms with Crippen LogP contribution in [0.4, 0.5) is 0 Å². The molecule has 0 radical (unpaired) electrons. The Labute approximate surface area is 134 Å².